The predicted molar refractivity (Wildman–Crippen MR) is 135 cm³/mol. The van der Waals surface area contributed by atoms with Crippen LogP contribution < -0.4 is 11.3 Å². The van der Waals surface area contributed by atoms with Gasteiger partial charge in [-0.05, 0) is 56.7 Å². The molecule has 0 aliphatic carbocycles. The average Bonchev–Trinajstić information content (AvgIpc) is 3.28. The van der Waals surface area contributed by atoms with Crippen LogP contribution in [0.15, 0.2) is 72.1 Å². The highest BCUT2D eigenvalue weighted by molar-refractivity contribution is 5.88. The molecule has 0 saturated heterocycles. The summed E-state index contributed by atoms with van der Waals surface area (Å²) >= 11 is 0. The molecular formula is C26H25F2N7O. The van der Waals surface area contributed by atoms with E-state index < -0.39 is 11.6 Å². The Morgan fingerprint density at radius 1 is 1.22 bits per heavy atom. The van der Waals surface area contributed by atoms with E-state index in [9.17, 15) is 13.6 Å². The number of nitrogens with zero attached hydrogens (tertiary/aromatic N) is 6. The van der Waals surface area contributed by atoms with Gasteiger partial charge >= 0.3 is 0 Å². The summed E-state index contributed by atoms with van der Waals surface area (Å²) in [5.41, 5.74) is 8.84. The van der Waals surface area contributed by atoms with Crippen molar-refractivity contribution in [1.29, 1.82) is 0 Å². The fourth-order valence-electron chi connectivity index (χ4n) is 3.73. The minimum absolute atomic E-state index is 0.0379. The third-order valence-electron chi connectivity index (χ3n) is 5.56. The van der Waals surface area contributed by atoms with Gasteiger partial charge < -0.3 is 10.3 Å². The second-order valence-corrected chi connectivity index (χ2v) is 8.43. The van der Waals surface area contributed by atoms with Crippen LogP contribution in [0.2, 0.25) is 0 Å². The van der Waals surface area contributed by atoms with E-state index in [1.807, 2.05) is 13.8 Å². The van der Waals surface area contributed by atoms with E-state index in [4.69, 9.17) is 5.73 Å². The lowest BCUT2D eigenvalue weighted by Crippen LogP contribution is -2.20. The van der Waals surface area contributed by atoms with Crippen LogP contribution in [0, 0.1) is 5.82 Å². The first-order chi connectivity index (χ1) is 17.2. The van der Waals surface area contributed by atoms with Gasteiger partial charge in [-0.1, -0.05) is 12.7 Å². The fourth-order valence-corrected chi connectivity index (χ4v) is 3.73. The normalized spacial score (nSPS) is 12.5. The standard InChI is InChI=1S/C26H25F2N7O/c1-5-18(27)10-8-16(4)24-23(17-9-11-22(36)34(14-17)15(2)3)25-31-21(33-35(25)26(29)32-24)13-20-19(28)7-6-12-30-20/h5-12,14-15H,1,13H2,2-4H3,(H2,29,32)/b16-8+,18-10+. The molecule has 0 fully saturated rings. The van der Waals surface area contributed by atoms with Gasteiger partial charge in [0, 0.05) is 30.1 Å². The van der Waals surface area contributed by atoms with Crippen molar-refractivity contribution in [1.82, 2.24) is 29.1 Å². The number of nitrogens with two attached hydrogens (primary N) is 1. The second-order valence-electron chi connectivity index (χ2n) is 8.43. The number of allylic oxidation sites excluding steroid dienone is 5. The van der Waals surface area contributed by atoms with E-state index in [0.717, 1.165) is 6.08 Å². The number of aromatic nitrogens is 6. The van der Waals surface area contributed by atoms with E-state index in [-0.39, 0.29) is 35.5 Å². The lowest BCUT2D eigenvalue weighted by Gasteiger charge is -2.15. The van der Waals surface area contributed by atoms with Gasteiger partial charge in [-0.3, -0.25) is 9.78 Å². The molecule has 0 unspecified atom stereocenters. The molecule has 4 aromatic rings. The van der Waals surface area contributed by atoms with Gasteiger partial charge in [0.25, 0.3) is 5.56 Å². The van der Waals surface area contributed by atoms with Crippen molar-refractivity contribution in [2.24, 2.45) is 0 Å². The van der Waals surface area contributed by atoms with Gasteiger partial charge in [-0.15, -0.1) is 5.10 Å². The molecule has 0 amide bonds. The Labute approximate surface area is 206 Å². The maximum atomic E-state index is 14.2. The molecule has 0 aliphatic heterocycles. The zero-order valence-electron chi connectivity index (χ0n) is 20.1. The van der Waals surface area contributed by atoms with Crippen molar-refractivity contribution in [3.8, 4) is 11.1 Å². The van der Waals surface area contributed by atoms with Gasteiger partial charge in [-0.2, -0.15) is 4.52 Å². The summed E-state index contributed by atoms with van der Waals surface area (Å²) in [4.78, 5) is 25.7. The Bertz CT molecular complexity index is 1580. The summed E-state index contributed by atoms with van der Waals surface area (Å²) in [5.74, 6) is -0.652. The summed E-state index contributed by atoms with van der Waals surface area (Å²) in [6.07, 6.45) is 7.16. The largest absolute Gasteiger partial charge is 0.368 e. The Morgan fingerprint density at radius 2 is 2.00 bits per heavy atom. The monoisotopic (exact) mass is 489 g/mol. The van der Waals surface area contributed by atoms with Crippen molar-refractivity contribution < 1.29 is 8.78 Å². The van der Waals surface area contributed by atoms with Crippen LogP contribution in [0.3, 0.4) is 0 Å². The Morgan fingerprint density at radius 3 is 2.69 bits per heavy atom. The summed E-state index contributed by atoms with van der Waals surface area (Å²) < 4.78 is 30.9. The Kier molecular flexibility index (Phi) is 6.86. The molecular weight excluding hydrogens is 464 g/mol. The maximum Gasteiger partial charge on any atom is 0.250 e. The molecule has 36 heavy (non-hydrogen) atoms. The lowest BCUT2D eigenvalue weighted by molar-refractivity contribution is 0.579. The molecule has 0 bridgehead atoms. The first kappa shape index (κ1) is 24.6. The highest BCUT2D eigenvalue weighted by Gasteiger charge is 2.21. The highest BCUT2D eigenvalue weighted by atomic mass is 19.1. The molecule has 10 heteroatoms. The van der Waals surface area contributed by atoms with Crippen molar-refractivity contribution in [2.75, 3.05) is 5.73 Å². The van der Waals surface area contributed by atoms with Gasteiger partial charge in [0.2, 0.25) is 5.95 Å². The van der Waals surface area contributed by atoms with Crippen molar-refractivity contribution >= 4 is 17.2 Å². The first-order valence-electron chi connectivity index (χ1n) is 11.2. The van der Waals surface area contributed by atoms with E-state index in [1.54, 1.807) is 29.8 Å². The molecule has 0 atom stereocenters. The topological polar surface area (TPSA) is 104 Å². The SMILES string of the molecule is C=C/C(F)=C\C=C(/C)c1nc(N)n2nc(Cc3ncccc3F)nc2c1-c1ccc(=O)n(C(C)C)c1. The van der Waals surface area contributed by atoms with E-state index >= 15 is 0 Å². The zero-order valence-corrected chi connectivity index (χ0v) is 20.1. The third-order valence-corrected chi connectivity index (χ3v) is 5.56. The van der Waals surface area contributed by atoms with Crippen molar-refractivity contribution in [2.45, 2.75) is 33.2 Å². The minimum Gasteiger partial charge on any atom is -0.368 e. The number of hydrogen-bond acceptors (Lipinski definition) is 6. The number of pyridine rings is 2. The van der Waals surface area contributed by atoms with Gasteiger partial charge in [-0.25, -0.2) is 18.7 Å². The first-order valence-corrected chi connectivity index (χ1v) is 11.2. The third kappa shape index (κ3) is 4.83. The summed E-state index contributed by atoms with van der Waals surface area (Å²) in [5, 5.41) is 4.44. The second kappa shape index (κ2) is 10.0. The lowest BCUT2D eigenvalue weighted by atomic mass is 10.0. The molecule has 4 aromatic heterocycles. The molecule has 184 valence electrons. The average molecular weight is 490 g/mol. The van der Waals surface area contributed by atoms with Gasteiger partial charge in [0.15, 0.2) is 11.5 Å². The van der Waals surface area contributed by atoms with Crippen molar-refractivity contribution in [3.05, 3.63) is 101 Å². The number of fused-ring (bicyclic) bond motifs is 1. The van der Waals surface area contributed by atoms with Crippen LogP contribution in [0.5, 0.6) is 0 Å². The van der Waals surface area contributed by atoms with Gasteiger partial charge in [0.1, 0.15) is 11.6 Å². The minimum atomic E-state index is -0.513. The number of nitrogen functional groups attached to an aromatic ring is 1. The predicted octanol–water partition coefficient (Wildman–Crippen LogP) is 4.68. The van der Waals surface area contributed by atoms with E-state index in [2.05, 4.69) is 26.6 Å². The molecule has 8 nitrogen and oxygen atoms in total. The molecule has 0 aromatic carbocycles. The van der Waals surface area contributed by atoms with Crippen LogP contribution >= 0.6 is 0 Å². The Hall–Kier alpha value is -4.47. The number of halogens is 2. The van der Waals surface area contributed by atoms with Crippen molar-refractivity contribution in [3.63, 3.8) is 0 Å². The van der Waals surface area contributed by atoms with Crippen LogP contribution in [-0.4, -0.2) is 29.1 Å². The molecule has 0 radical (unpaired) electrons. The smallest absolute Gasteiger partial charge is 0.250 e. The van der Waals surface area contributed by atoms with E-state index in [1.165, 1.54) is 35.0 Å². The van der Waals surface area contributed by atoms with Gasteiger partial charge in [0.05, 0.1) is 23.4 Å². The molecule has 0 saturated carbocycles. The number of hydrogen-bond donors (Lipinski definition) is 1. The molecule has 0 aliphatic rings. The molecule has 4 heterocycles. The number of rotatable bonds is 7. The van der Waals surface area contributed by atoms with Crippen LogP contribution in [0.25, 0.3) is 22.3 Å². The van der Waals surface area contributed by atoms with Crippen LogP contribution in [0.1, 0.15) is 44.0 Å². The summed E-state index contributed by atoms with van der Waals surface area (Å²) in [6.45, 7) is 8.97. The van der Waals surface area contributed by atoms with Crippen LogP contribution in [0.4, 0.5) is 14.7 Å². The zero-order chi connectivity index (χ0) is 26.0. The Balaban J connectivity index is 1.99. The summed E-state index contributed by atoms with van der Waals surface area (Å²) in [6, 6.07) is 5.85. The molecule has 0 spiro atoms. The van der Waals surface area contributed by atoms with E-state index in [0.29, 0.717) is 28.0 Å². The molecule has 4 rings (SSSR count). The molecule has 2 N–H and O–H groups in total. The highest BCUT2D eigenvalue weighted by Crippen LogP contribution is 2.32. The van der Waals surface area contributed by atoms with Crippen LogP contribution in [-0.2, 0) is 6.42 Å². The maximum absolute atomic E-state index is 14.2. The summed E-state index contributed by atoms with van der Waals surface area (Å²) in [7, 11) is 0. The quantitative estimate of drug-likeness (QED) is 0.378. The number of anilines is 1. The fraction of sp³-hybridized carbons (Fsp3) is 0.192.